The van der Waals surface area contributed by atoms with Gasteiger partial charge in [0.15, 0.2) is 17.7 Å². The van der Waals surface area contributed by atoms with Crippen molar-refractivity contribution in [1.82, 2.24) is 0 Å². The van der Waals surface area contributed by atoms with Crippen LogP contribution in [0.5, 0.6) is 11.5 Å². The molecule has 5 rings (SSSR count). The summed E-state index contributed by atoms with van der Waals surface area (Å²) in [6, 6.07) is 14.9. The lowest BCUT2D eigenvalue weighted by molar-refractivity contribution is -0.644. The highest BCUT2D eigenvalue weighted by Crippen LogP contribution is 2.51. The van der Waals surface area contributed by atoms with Crippen LogP contribution in [0.4, 0.5) is 5.69 Å². The predicted molar refractivity (Wildman–Crippen MR) is 109 cm³/mol. The lowest BCUT2D eigenvalue weighted by Gasteiger charge is -2.22. The third-order valence-electron chi connectivity index (χ3n) is 5.06. The van der Waals surface area contributed by atoms with Crippen LogP contribution >= 0.6 is 11.8 Å². The summed E-state index contributed by atoms with van der Waals surface area (Å²) in [6.45, 7) is 4.32. The van der Waals surface area contributed by atoms with Gasteiger partial charge in [-0.2, -0.15) is 0 Å². The average molecular weight is 377 g/mol. The molecule has 0 radical (unpaired) electrons. The van der Waals surface area contributed by atoms with Crippen molar-refractivity contribution in [3.05, 3.63) is 59.3 Å². The molecule has 0 unspecified atom stereocenters. The number of hydrogen-bond acceptors (Lipinski definition) is 4. The summed E-state index contributed by atoms with van der Waals surface area (Å²) in [5.74, 6) is 1.69. The summed E-state index contributed by atoms with van der Waals surface area (Å²) in [7, 11) is 2.09. The summed E-state index contributed by atoms with van der Waals surface area (Å²) < 4.78 is 13.7. The second kappa shape index (κ2) is 6.50. The molecule has 3 aromatic rings. The highest BCUT2D eigenvalue weighted by atomic mass is 32.2. The number of fused-ring (bicyclic) bond motifs is 3. The first-order valence-corrected chi connectivity index (χ1v) is 10.0. The van der Waals surface area contributed by atoms with Gasteiger partial charge in [0.05, 0.1) is 16.1 Å². The maximum Gasteiger partial charge on any atom is 0.212 e. The van der Waals surface area contributed by atoms with Crippen LogP contribution in [0.1, 0.15) is 12.5 Å². The van der Waals surface area contributed by atoms with Crippen molar-refractivity contribution in [3.63, 3.8) is 0 Å². The highest BCUT2D eigenvalue weighted by Gasteiger charge is 2.28. The molecule has 0 saturated carbocycles. The number of para-hydroxylation sites is 1. The molecular weight excluding hydrogens is 356 g/mol. The Morgan fingerprint density at radius 2 is 1.89 bits per heavy atom. The van der Waals surface area contributed by atoms with Gasteiger partial charge in [0, 0.05) is 35.7 Å². The van der Waals surface area contributed by atoms with Crippen LogP contribution in [0.2, 0.25) is 0 Å². The number of hydrogen-bond donors (Lipinski definition) is 0. The van der Waals surface area contributed by atoms with E-state index in [2.05, 4.69) is 78.2 Å². The molecule has 0 aliphatic carbocycles. The topological polar surface area (TPSA) is 25.6 Å². The lowest BCUT2D eigenvalue weighted by atomic mass is 10.1. The third-order valence-corrected chi connectivity index (χ3v) is 6.16. The van der Waals surface area contributed by atoms with E-state index in [0.717, 1.165) is 18.0 Å². The predicted octanol–water partition coefficient (Wildman–Crippen LogP) is 4.37. The van der Waals surface area contributed by atoms with E-state index in [-0.39, 0.29) is 0 Å². The zero-order chi connectivity index (χ0) is 18.4. The summed E-state index contributed by atoms with van der Waals surface area (Å²) in [6.07, 6.45) is 4.41. The van der Waals surface area contributed by atoms with Gasteiger partial charge in [0.2, 0.25) is 5.52 Å². The fourth-order valence-electron chi connectivity index (χ4n) is 3.72. The van der Waals surface area contributed by atoms with Gasteiger partial charge in [-0.15, -0.1) is 0 Å². The fraction of sp³-hybridized carbons (Fsp3) is 0.227. The first kappa shape index (κ1) is 16.5. The van der Waals surface area contributed by atoms with Crippen molar-refractivity contribution >= 4 is 34.4 Å². The van der Waals surface area contributed by atoms with Crippen LogP contribution in [0.15, 0.2) is 58.6 Å². The third kappa shape index (κ3) is 2.73. The second-order valence-corrected chi connectivity index (χ2v) is 7.75. The van der Waals surface area contributed by atoms with Gasteiger partial charge >= 0.3 is 0 Å². The van der Waals surface area contributed by atoms with Crippen LogP contribution in [0.25, 0.3) is 17.0 Å². The molecule has 1 aromatic heterocycles. The molecule has 2 aromatic carbocycles. The van der Waals surface area contributed by atoms with Crippen LogP contribution in [-0.2, 0) is 7.05 Å². The van der Waals surface area contributed by atoms with Crippen molar-refractivity contribution in [2.45, 2.75) is 11.8 Å². The maximum atomic E-state index is 5.78. The number of thioether (sulfide) groups is 1. The van der Waals surface area contributed by atoms with Gasteiger partial charge < -0.3 is 14.4 Å². The number of ether oxygens (including phenoxy) is 2. The van der Waals surface area contributed by atoms with Crippen LogP contribution in [-0.4, -0.2) is 19.8 Å². The molecule has 136 valence electrons. The molecule has 0 atom stereocenters. The molecule has 2 aliphatic rings. The van der Waals surface area contributed by atoms with E-state index in [1.165, 1.54) is 32.1 Å². The van der Waals surface area contributed by atoms with Gasteiger partial charge in [-0.25, -0.2) is 4.57 Å². The molecular formula is C22H21N2O2S+. The Morgan fingerprint density at radius 3 is 2.70 bits per heavy atom. The SMILES string of the molecule is CCN1/C(=C/c2cc[n+](C)c3ccccc23)Sc2cc3c(cc21)OCCO3. The number of benzene rings is 2. The fourth-order valence-corrected chi connectivity index (χ4v) is 4.91. The minimum Gasteiger partial charge on any atom is -0.486 e. The van der Waals surface area contributed by atoms with Crippen molar-refractivity contribution in [1.29, 1.82) is 0 Å². The number of nitrogens with zero attached hydrogens (tertiary/aromatic N) is 2. The Labute approximate surface area is 163 Å². The lowest BCUT2D eigenvalue weighted by Crippen LogP contribution is -2.28. The quantitative estimate of drug-likeness (QED) is 0.620. The summed E-state index contributed by atoms with van der Waals surface area (Å²) in [5, 5.41) is 2.49. The normalized spacial score (nSPS) is 16.8. The monoisotopic (exact) mass is 377 g/mol. The second-order valence-electron chi connectivity index (χ2n) is 6.69. The molecule has 2 aliphatic heterocycles. The molecule has 27 heavy (non-hydrogen) atoms. The number of anilines is 1. The molecule has 0 fully saturated rings. The Hall–Kier alpha value is -2.66. The molecule has 0 saturated heterocycles. The maximum absolute atomic E-state index is 5.78. The van der Waals surface area contributed by atoms with Gasteiger partial charge in [0.25, 0.3) is 0 Å². The zero-order valence-corrected chi connectivity index (χ0v) is 16.3. The van der Waals surface area contributed by atoms with E-state index >= 15 is 0 Å². The minimum absolute atomic E-state index is 0.612. The van der Waals surface area contributed by atoms with E-state index in [0.29, 0.717) is 13.2 Å². The molecule has 3 heterocycles. The van der Waals surface area contributed by atoms with Crippen LogP contribution in [0, 0.1) is 0 Å². The summed E-state index contributed by atoms with van der Waals surface area (Å²) >= 11 is 1.79. The average Bonchev–Trinajstić information content (AvgIpc) is 3.04. The van der Waals surface area contributed by atoms with Gasteiger partial charge in [-0.1, -0.05) is 23.9 Å². The Morgan fingerprint density at radius 1 is 1.11 bits per heavy atom. The van der Waals surface area contributed by atoms with E-state index in [1.807, 2.05) is 0 Å². The molecule has 0 N–H and O–H groups in total. The van der Waals surface area contributed by atoms with E-state index < -0.39 is 0 Å². The Balaban J connectivity index is 1.61. The highest BCUT2D eigenvalue weighted by molar-refractivity contribution is 8.03. The minimum atomic E-state index is 0.612. The van der Waals surface area contributed by atoms with Gasteiger partial charge in [-0.05, 0) is 24.6 Å². The first-order valence-electron chi connectivity index (χ1n) is 9.22. The standard InChI is InChI=1S/C22H21N2O2S/c1-3-24-18-13-19-20(26-11-10-25-19)14-21(18)27-22(24)12-15-8-9-23(2)17-7-5-4-6-16(15)17/h4-9,12-14H,3,10-11H2,1-2H3/q+1. The summed E-state index contributed by atoms with van der Waals surface area (Å²) in [5.41, 5.74) is 3.66. The molecule has 4 nitrogen and oxygen atoms in total. The van der Waals surface area contributed by atoms with Crippen LogP contribution < -0.4 is 18.9 Å². The van der Waals surface area contributed by atoms with Crippen molar-refractivity contribution in [2.24, 2.45) is 7.05 Å². The Bertz CT molecular complexity index is 1080. The number of aryl methyl sites for hydroxylation is 1. The number of rotatable bonds is 2. The van der Waals surface area contributed by atoms with E-state index in [1.54, 1.807) is 11.8 Å². The molecule has 0 bridgehead atoms. The number of aromatic nitrogens is 1. The van der Waals surface area contributed by atoms with Crippen LogP contribution in [0.3, 0.4) is 0 Å². The van der Waals surface area contributed by atoms with Gasteiger partial charge in [-0.3, -0.25) is 0 Å². The van der Waals surface area contributed by atoms with Gasteiger partial charge in [0.1, 0.15) is 20.3 Å². The van der Waals surface area contributed by atoms with Crippen molar-refractivity contribution < 1.29 is 14.0 Å². The summed E-state index contributed by atoms with van der Waals surface area (Å²) in [4.78, 5) is 3.57. The zero-order valence-electron chi connectivity index (χ0n) is 15.4. The largest absolute Gasteiger partial charge is 0.486 e. The molecule has 0 amide bonds. The molecule has 5 heteroatoms. The molecule has 0 spiro atoms. The Kier molecular flexibility index (Phi) is 3.97. The smallest absolute Gasteiger partial charge is 0.212 e. The van der Waals surface area contributed by atoms with E-state index in [9.17, 15) is 0 Å². The first-order chi connectivity index (χ1) is 13.2. The van der Waals surface area contributed by atoms with Crippen molar-refractivity contribution in [3.8, 4) is 11.5 Å². The number of pyridine rings is 1. The van der Waals surface area contributed by atoms with E-state index in [4.69, 9.17) is 9.47 Å². The van der Waals surface area contributed by atoms with Crippen molar-refractivity contribution in [2.75, 3.05) is 24.7 Å².